The Morgan fingerprint density at radius 2 is 1.10 bits per heavy atom. The first-order chi connectivity index (χ1) is 9.49. The van der Waals surface area contributed by atoms with Crippen LogP contribution in [0.15, 0.2) is 0 Å². The quantitative estimate of drug-likeness (QED) is 0.796. The fourth-order valence-electron chi connectivity index (χ4n) is 3.51. The normalized spacial score (nSPS) is 28.2. The van der Waals surface area contributed by atoms with Crippen LogP contribution in [-0.2, 0) is 14.4 Å². The van der Waals surface area contributed by atoms with E-state index < -0.39 is 0 Å². The van der Waals surface area contributed by atoms with Crippen molar-refractivity contribution in [1.29, 1.82) is 0 Å². The minimum absolute atomic E-state index is 0.0967. The maximum absolute atomic E-state index is 12.5. The third-order valence-electron chi connectivity index (χ3n) is 5.03. The third kappa shape index (κ3) is 3.47. The van der Waals surface area contributed by atoms with Crippen LogP contribution in [0.1, 0.15) is 52.4 Å². The Morgan fingerprint density at radius 3 is 1.55 bits per heavy atom. The van der Waals surface area contributed by atoms with Gasteiger partial charge in [0.05, 0.1) is 0 Å². The highest BCUT2D eigenvalue weighted by atomic mass is 16.2. The average Bonchev–Trinajstić information content (AvgIpc) is 2.46. The summed E-state index contributed by atoms with van der Waals surface area (Å²) in [4.78, 5) is 37.1. The van der Waals surface area contributed by atoms with E-state index in [1.165, 1.54) is 0 Å². The van der Waals surface area contributed by atoms with Crippen LogP contribution in [0.5, 0.6) is 0 Å². The number of nitrogens with zero attached hydrogens (tertiary/aromatic N) is 1. The molecule has 4 heteroatoms. The van der Waals surface area contributed by atoms with Crippen molar-refractivity contribution in [3.05, 3.63) is 0 Å². The number of Topliss-reactive ketones (excluding diaryl/α,β-unsaturated/α-hetero) is 2. The maximum Gasteiger partial charge on any atom is 0.225 e. The smallest absolute Gasteiger partial charge is 0.225 e. The maximum atomic E-state index is 12.5. The van der Waals surface area contributed by atoms with Crippen molar-refractivity contribution in [2.45, 2.75) is 52.4 Å². The summed E-state index contributed by atoms with van der Waals surface area (Å²) >= 11 is 0. The average molecular weight is 279 g/mol. The molecule has 0 spiro atoms. The van der Waals surface area contributed by atoms with Crippen LogP contribution >= 0.6 is 0 Å². The Bertz CT molecular complexity index is 353. The molecule has 4 nitrogen and oxygen atoms in total. The van der Waals surface area contributed by atoms with E-state index in [2.05, 4.69) is 0 Å². The fourth-order valence-corrected chi connectivity index (χ4v) is 3.51. The Hall–Kier alpha value is -1.19. The van der Waals surface area contributed by atoms with E-state index in [0.717, 1.165) is 51.6 Å². The zero-order chi connectivity index (χ0) is 14.7. The molecule has 112 valence electrons. The molecule has 0 bridgehead atoms. The molecule has 1 aliphatic heterocycles. The molecule has 0 atom stereocenters. The topological polar surface area (TPSA) is 54.5 Å². The molecule has 1 saturated heterocycles. The number of amides is 1. The number of carbonyl (C=O) groups is 3. The van der Waals surface area contributed by atoms with Gasteiger partial charge in [0.15, 0.2) is 0 Å². The molecule has 0 unspecified atom stereocenters. The molecular formula is C16H25NO3. The summed E-state index contributed by atoms with van der Waals surface area (Å²) in [6.45, 7) is 4.73. The first-order valence-electron chi connectivity index (χ1n) is 7.78. The van der Waals surface area contributed by atoms with Crippen molar-refractivity contribution >= 4 is 17.5 Å². The Kier molecular flexibility index (Phi) is 4.95. The number of rotatable bonds is 3. The molecule has 2 rings (SSSR count). The van der Waals surface area contributed by atoms with E-state index >= 15 is 0 Å². The van der Waals surface area contributed by atoms with Crippen molar-refractivity contribution in [2.75, 3.05) is 13.1 Å². The van der Waals surface area contributed by atoms with Gasteiger partial charge >= 0.3 is 0 Å². The summed E-state index contributed by atoms with van der Waals surface area (Å²) in [6, 6.07) is 0. The SMILES string of the molecule is CC(=O)C1CCC(C(=O)N2CCC(C(C)=O)CC2)CC1. The van der Waals surface area contributed by atoms with Crippen LogP contribution < -0.4 is 0 Å². The first-order valence-corrected chi connectivity index (χ1v) is 7.78. The number of hydrogen-bond acceptors (Lipinski definition) is 3. The second-order valence-electron chi connectivity index (χ2n) is 6.37. The molecule has 0 N–H and O–H groups in total. The highest BCUT2D eigenvalue weighted by Gasteiger charge is 2.33. The largest absolute Gasteiger partial charge is 0.342 e. The summed E-state index contributed by atoms with van der Waals surface area (Å²) < 4.78 is 0. The summed E-state index contributed by atoms with van der Waals surface area (Å²) in [5, 5.41) is 0. The summed E-state index contributed by atoms with van der Waals surface area (Å²) in [7, 11) is 0. The van der Waals surface area contributed by atoms with Gasteiger partial charge in [-0.25, -0.2) is 0 Å². The molecule has 0 aromatic rings. The van der Waals surface area contributed by atoms with Gasteiger partial charge in [-0.2, -0.15) is 0 Å². The number of piperidine rings is 1. The summed E-state index contributed by atoms with van der Waals surface area (Å²) in [6.07, 6.45) is 5.02. The lowest BCUT2D eigenvalue weighted by Crippen LogP contribution is -2.43. The van der Waals surface area contributed by atoms with Crippen molar-refractivity contribution in [3.63, 3.8) is 0 Å². The first kappa shape index (κ1) is 15.2. The molecule has 2 fully saturated rings. The molecule has 1 saturated carbocycles. The second-order valence-corrected chi connectivity index (χ2v) is 6.37. The van der Waals surface area contributed by atoms with E-state index in [4.69, 9.17) is 0 Å². The van der Waals surface area contributed by atoms with Gasteiger partial charge in [0.1, 0.15) is 11.6 Å². The molecule has 0 aromatic carbocycles. The molecule has 1 amide bonds. The van der Waals surface area contributed by atoms with Gasteiger partial charge in [-0.15, -0.1) is 0 Å². The number of carbonyl (C=O) groups excluding carboxylic acids is 3. The monoisotopic (exact) mass is 279 g/mol. The third-order valence-corrected chi connectivity index (χ3v) is 5.03. The van der Waals surface area contributed by atoms with Gasteiger partial charge < -0.3 is 4.90 Å². The minimum atomic E-state index is 0.0967. The number of ketones is 2. The summed E-state index contributed by atoms with van der Waals surface area (Å²) in [5.41, 5.74) is 0. The van der Waals surface area contributed by atoms with Gasteiger partial charge in [0, 0.05) is 30.8 Å². The lowest BCUT2D eigenvalue weighted by atomic mass is 9.79. The highest BCUT2D eigenvalue weighted by Crippen LogP contribution is 2.31. The zero-order valence-corrected chi connectivity index (χ0v) is 12.6. The number of hydrogen-bond donors (Lipinski definition) is 0. The van der Waals surface area contributed by atoms with Crippen molar-refractivity contribution in [1.82, 2.24) is 4.90 Å². The standard InChI is InChI=1S/C16H25NO3/c1-11(18)13-3-5-15(6-4-13)16(20)17-9-7-14(8-10-17)12(2)19/h13-15H,3-10H2,1-2H3. The van der Waals surface area contributed by atoms with Crippen LogP contribution in [0.2, 0.25) is 0 Å². The molecule has 0 radical (unpaired) electrons. The van der Waals surface area contributed by atoms with Crippen LogP contribution in [0, 0.1) is 17.8 Å². The van der Waals surface area contributed by atoms with Gasteiger partial charge in [0.2, 0.25) is 5.91 Å². The van der Waals surface area contributed by atoms with Gasteiger partial charge in [-0.05, 0) is 52.4 Å². The molecule has 20 heavy (non-hydrogen) atoms. The second kappa shape index (κ2) is 6.51. The summed E-state index contributed by atoms with van der Waals surface area (Å²) in [5.74, 6) is 1.17. The van der Waals surface area contributed by atoms with Gasteiger partial charge in [-0.3, -0.25) is 14.4 Å². The molecule has 0 aromatic heterocycles. The van der Waals surface area contributed by atoms with Gasteiger partial charge in [-0.1, -0.05) is 0 Å². The van der Waals surface area contributed by atoms with E-state index in [0.29, 0.717) is 0 Å². The molecule has 2 aliphatic rings. The predicted octanol–water partition coefficient (Wildman–Crippen LogP) is 2.21. The fraction of sp³-hybridized carbons (Fsp3) is 0.812. The van der Waals surface area contributed by atoms with Crippen molar-refractivity contribution < 1.29 is 14.4 Å². The lowest BCUT2D eigenvalue weighted by Gasteiger charge is -2.35. The predicted molar refractivity (Wildman–Crippen MR) is 76.1 cm³/mol. The van der Waals surface area contributed by atoms with E-state index in [-0.39, 0.29) is 35.2 Å². The Labute approximate surface area is 120 Å². The van der Waals surface area contributed by atoms with Crippen molar-refractivity contribution in [3.8, 4) is 0 Å². The molecule has 1 heterocycles. The molecular weight excluding hydrogens is 254 g/mol. The van der Waals surface area contributed by atoms with E-state index in [1.807, 2.05) is 4.90 Å². The molecule has 1 aliphatic carbocycles. The van der Waals surface area contributed by atoms with E-state index in [9.17, 15) is 14.4 Å². The van der Waals surface area contributed by atoms with Crippen LogP contribution in [0.4, 0.5) is 0 Å². The zero-order valence-electron chi connectivity index (χ0n) is 12.6. The number of likely N-dealkylation sites (tertiary alicyclic amines) is 1. The lowest BCUT2D eigenvalue weighted by molar-refractivity contribution is -0.140. The van der Waals surface area contributed by atoms with Crippen molar-refractivity contribution in [2.24, 2.45) is 17.8 Å². The van der Waals surface area contributed by atoms with Crippen LogP contribution in [0.25, 0.3) is 0 Å². The van der Waals surface area contributed by atoms with Gasteiger partial charge in [0.25, 0.3) is 0 Å². The highest BCUT2D eigenvalue weighted by molar-refractivity contribution is 5.82. The Balaban J connectivity index is 1.81. The minimum Gasteiger partial charge on any atom is -0.342 e. The van der Waals surface area contributed by atoms with Crippen LogP contribution in [0.3, 0.4) is 0 Å². The van der Waals surface area contributed by atoms with Crippen LogP contribution in [-0.4, -0.2) is 35.5 Å². The van der Waals surface area contributed by atoms with E-state index in [1.54, 1.807) is 13.8 Å². The Morgan fingerprint density at radius 1 is 0.700 bits per heavy atom.